The number of aromatic nitrogens is 1. The van der Waals surface area contributed by atoms with Gasteiger partial charge in [0.15, 0.2) is 0 Å². The number of alkyl halides is 3. The first-order valence-electron chi connectivity index (χ1n) is 6.01. The lowest BCUT2D eigenvalue weighted by molar-refractivity contribution is -0.137. The summed E-state index contributed by atoms with van der Waals surface area (Å²) in [7, 11) is 0. The molecule has 0 aromatic carbocycles. The summed E-state index contributed by atoms with van der Waals surface area (Å²) in [6.45, 7) is 2.75. The number of carbonyl (C=O) groups excluding carboxylic acids is 1. The second-order valence-corrected chi connectivity index (χ2v) is 4.24. The quantitative estimate of drug-likeness (QED) is 0.678. The van der Waals surface area contributed by atoms with Gasteiger partial charge >= 0.3 is 6.18 Å². The van der Waals surface area contributed by atoms with Gasteiger partial charge in [-0.1, -0.05) is 0 Å². The number of rotatable bonds is 6. The molecular weight excluding hydrogens is 275 g/mol. The van der Waals surface area contributed by atoms with Crippen molar-refractivity contribution in [3.63, 3.8) is 0 Å². The van der Waals surface area contributed by atoms with Crippen LogP contribution in [0.15, 0.2) is 18.3 Å². The molecule has 0 saturated carbocycles. The van der Waals surface area contributed by atoms with E-state index < -0.39 is 23.8 Å². The molecule has 0 aliphatic heterocycles. The van der Waals surface area contributed by atoms with Gasteiger partial charge in [-0.25, -0.2) is 0 Å². The average molecular weight is 291 g/mol. The number of nitrogens with one attached hydrogen (secondary N) is 2. The van der Waals surface area contributed by atoms with Crippen molar-refractivity contribution >= 4 is 5.91 Å². The molecule has 1 heterocycles. The summed E-state index contributed by atoms with van der Waals surface area (Å²) in [5.41, 5.74) is -0.971. The molecule has 1 rings (SSSR count). The minimum atomic E-state index is -4.47. The Bertz CT molecular complexity index is 433. The fraction of sp³-hybridized carbons (Fsp3) is 0.500. The minimum absolute atomic E-state index is 0.0754. The van der Waals surface area contributed by atoms with Crippen molar-refractivity contribution in [1.29, 1.82) is 0 Å². The summed E-state index contributed by atoms with van der Waals surface area (Å²) >= 11 is 0. The normalized spacial score (nSPS) is 13.1. The van der Waals surface area contributed by atoms with Crippen LogP contribution in [0, 0.1) is 0 Å². The molecule has 0 spiro atoms. The maximum absolute atomic E-state index is 12.3. The maximum atomic E-state index is 12.3. The Morgan fingerprint density at radius 1 is 1.40 bits per heavy atom. The van der Waals surface area contributed by atoms with Gasteiger partial charge in [-0.2, -0.15) is 13.2 Å². The van der Waals surface area contributed by atoms with Gasteiger partial charge < -0.3 is 15.7 Å². The third-order valence-electron chi connectivity index (χ3n) is 2.35. The number of aliphatic hydroxyl groups excluding tert-OH is 1. The van der Waals surface area contributed by atoms with E-state index in [4.69, 9.17) is 5.11 Å². The predicted molar refractivity (Wildman–Crippen MR) is 66.1 cm³/mol. The van der Waals surface area contributed by atoms with Crippen LogP contribution in [0.25, 0.3) is 0 Å². The van der Waals surface area contributed by atoms with E-state index in [0.29, 0.717) is 19.3 Å². The highest BCUT2D eigenvalue weighted by molar-refractivity contribution is 5.92. The molecule has 112 valence electrons. The summed E-state index contributed by atoms with van der Waals surface area (Å²) < 4.78 is 36.9. The summed E-state index contributed by atoms with van der Waals surface area (Å²) in [5.74, 6) is -0.544. The van der Waals surface area contributed by atoms with Gasteiger partial charge in [0.2, 0.25) is 0 Å². The predicted octanol–water partition coefficient (Wildman–Crippen LogP) is 0.801. The molecule has 1 amide bonds. The van der Waals surface area contributed by atoms with E-state index in [9.17, 15) is 18.0 Å². The monoisotopic (exact) mass is 291 g/mol. The standard InChI is InChI=1S/C12H16F3N3O2/c1-8(19)6-16-4-5-17-11(20)10-3-2-9(7-18-10)12(13,14)15/h2-3,7-8,16,19H,4-6H2,1H3,(H,17,20). The van der Waals surface area contributed by atoms with Crippen LogP contribution in [0.3, 0.4) is 0 Å². The number of hydrogen-bond acceptors (Lipinski definition) is 4. The average Bonchev–Trinajstić information content (AvgIpc) is 2.37. The van der Waals surface area contributed by atoms with Gasteiger partial charge in [0.1, 0.15) is 5.69 Å². The molecule has 0 saturated heterocycles. The van der Waals surface area contributed by atoms with Crippen LogP contribution < -0.4 is 10.6 Å². The van der Waals surface area contributed by atoms with Crippen LogP contribution in [0.2, 0.25) is 0 Å². The number of aliphatic hydroxyl groups is 1. The summed E-state index contributed by atoms with van der Waals surface area (Å²) in [6, 6.07) is 1.84. The summed E-state index contributed by atoms with van der Waals surface area (Å²) in [5, 5.41) is 14.4. The molecule has 1 unspecified atom stereocenters. The zero-order valence-corrected chi connectivity index (χ0v) is 10.9. The Hall–Kier alpha value is -1.67. The van der Waals surface area contributed by atoms with Gasteiger partial charge in [-0.3, -0.25) is 9.78 Å². The first kappa shape index (κ1) is 16.4. The fourth-order valence-corrected chi connectivity index (χ4v) is 1.36. The van der Waals surface area contributed by atoms with Gasteiger partial charge in [0, 0.05) is 25.8 Å². The van der Waals surface area contributed by atoms with E-state index >= 15 is 0 Å². The first-order chi connectivity index (χ1) is 9.30. The SMILES string of the molecule is CC(O)CNCCNC(=O)c1ccc(C(F)(F)F)cn1. The van der Waals surface area contributed by atoms with Crippen molar-refractivity contribution in [3.05, 3.63) is 29.6 Å². The smallest absolute Gasteiger partial charge is 0.392 e. The molecule has 1 atom stereocenters. The van der Waals surface area contributed by atoms with E-state index in [1.54, 1.807) is 6.92 Å². The van der Waals surface area contributed by atoms with E-state index in [-0.39, 0.29) is 12.2 Å². The van der Waals surface area contributed by atoms with Crippen molar-refractivity contribution in [1.82, 2.24) is 15.6 Å². The van der Waals surface area contributed by atoms with Crippen LogP contribution >= 0.6 is 0 Å². The minimum Gasteiger partial charge on any atom is -0.392 e. The van der Waals surface area contributed by atoms with Crippen LogP contribution in [0.1, 0.15) is 23.0 Å². The number of hydrogen-bond donors (Lipinski definition) is 3. The molecule has 1 aromatic rings. The van der Waals surface area contributed by atoms with Gasteiger partial charge in [-0.15, -0.1) is 0 Å². The molecule has 0 aliphatic rings. The summed E-state index contributed by atoms with van der Waals surface area (Å²) in [6.07, 6.45) is -4.32. The van der Waals surface area contributed by atoms with Crippen molar-refractivity contribution in [2.24, 2.45) is 0 Å². The summed E-state index contributed by atoms with van der Waals surface area (Å²) in [4.78, 5) is 15.1. The third-order valence-corrected chi connectivity index (χ3v) is 2.35. The Labute approximate surface area is 114 Å². The highest BCUT2D eigenvalue weighted by Crippen LogP contribution is 2.28. The van der Waals surface area contributed by atoms with E-state index in [2.05, 4.69) is 15.6 Å². The zero-order chi connectivity index (χ0) is 15.2. The molecule has 3 N–H and O–H groups in total. The number of amides is 1. The lowest BCUT2D eigenvalue weighted by Gasteiger charge is -2.09. The van der Waals surface area contributed by atoms with Crippen LogP contribution in [0.4, 0.5) is 13.2 Å². The van der Waals surface area contributed by atoms with E-state index in [0.717, 1.165) is 12.1 Å². The molecule has 1 aromatic heterocycles. The van der Waals surface area contributed by atoms with Crippen molar-refractivity contribution in [2.45, 2.75) is 19.2 Å². The van der Waals surface area contributed by atoms with Gasteiger partial charge in [-0.05, 0) is 19.1 Å². The number of pyridine rings is 1. The zero-order valence-electron chi connectivity index (χ0n) is 10.9. The number of carbonyl (C=O) groups is 1. The first-order valence-corrected chi connectivity index (χ1v) is 6.01. The van der Waals surface area contributed by atoms with Gasteiger partial charge in [0.05, 0.1) is 11.7 Å². The third kappa shape index (κ3) is 5.54. The highest BCUT2D eigenvalue weighted by atomic mass is 19.4. The van der Waals surface area contributed by atoms with Gasteiger partial charge in [0.25, 0.3) is 5.91 Å². The van der Waals surface area contributed by atoms with E-state index in [1.807, 2.05) is 0 Å². The Morgan fingerprint density at radius 2 is 2.10 bits per heavy atom. The lowest BCUT2D eigenvalue weighted by Crippen LogP contribution is -2.34. The molecule has 8 heteroatoms. The Balaban J connectivity index is 2.40. The van der Waals surface area contributed by atoms with Crippen LogP contribution in [-0.4, -0.2) is 41.7 Å². The molecule has 0 bridgehead atoms. The van der Waals surface area contributed by atoms with E-state index in [1.165, 1.54) is 0 Å². The lowest BCUT2D eigenvalue weighted by atomic mass is 10.2. The topological polar surface area (TPSA) is 74.2 Å². The second-order valence-electron chi connectivity index (χ2n) is 4.24. The molecule has 0 aliphatic carbocycles. The maximum Gasteiger partial charge on any atom is 0.417 e. The number of halogens is 3. The molecule has 0 radical (unpaired) electrons. The van der Waals surface area contributed by atoms with Crippen molar-refractivity contribution in [2.75, 3.05) is 19.6 Å². The Kier molecular flexibility index (Phi) is 5.90. The molecule has 0 fully saturated rings. The highest BCUT2D eigenvalue weighted by Gasteiger charge is 2.30. The van der Waals surface area contributed by atoms with Crippen LogP contribution in [0.5, 0.6) is 0 Å². The molecule has 5 nitrogen and oxygen atoms in total. The van der Waals surface area contributed by atoms with Crippen molar-refractivity contribution in [3.8, 4) is 0 Å². The van der Waals surface area contributed by atoms with Crippen LogP contribution in [-0.2, 0) is 6.18 Å². The molecular formula is C12H16F3N3O2. The van der Waals surface area contributed by atoms with Crippen molar-refractivity contribution < 1.29 is 23.1 Å². The fourth-order valence-electron chi connectivity index (χ4n) is 1.36. The number of nitrogens with zero attached hydrogens (tertiary/aromatic N) is 1. The second kappa shape index (κ2) is 7.20. The largest absolute Gasteiger partial charge is 0.417 e. The Morgan fingerprint density at radius 3 is 2.60 bits per heavy atom. The molecule has 20 heavy (non-hydrogen) atoms.